The van der Waals surface area contributed by atoms with E-state index in [2.05, 4.69) is 10.2 Å². The molecule has 2 nitrogen and oxygen atoms in total. The van der Waals surface area contributed by atoms with Gasteiger partial charge in [0, 0.05) is 12.6 Å². The van der Waals surface area contributed by atoms with Crippen molar-refractivity contribution < 1.29 is 13.2 Å². The van der Waals surface area contributed by atoms with E-state index in [4.69, 9.17) is 0 Å². The van der Waals surface area contributed by atoms with Crippen LogP contribution in [0.1, 0.15) is 42.4 Å². The van der Waals surface area contributed by atoms with Crippen LogP contribution in [0.15, 0.2) is 18.2 Å². The normalized spacial score (nSPS) is 20.0. The molecule has 0 atom stereocenters. The van der Waals surface area contributed by atoms with Crippen molar-refractivity contribution >= 4 is 12.4 Å². The molecule has 1 N–H and O–H groups in total. The Kier molecular flexibility index (Phi) is 6.57. The van der Waals surface area contributed by atoms with Gasteiger partial charge in [0.05, 0.1) is 5.56 Å². The van der Waals surface area contributed by atoms with Gasteiger partial charge in [-0.1, -0.05) is 6.07 Å². The van der Waals surface area contributed by atoms with E-state index in [1.807, 2.05) is 0 Å². The highest BCUT2D eigenvalue weighted by Crippen LogP contribution is 2.31. The number of alkyl halides is 3. The Labute approximate surface area is 148 Å². The second-order valence-corrected chi connectivity index (χ2v) is 7.04. The summed E-state index contributed by atoms with van der Waals surface area (Å²) in [5.41, 5.74) is 1.18. The number of benzene rings is 1. The van der Waals surface area contributed by atoms with Crippen LogP contribution < -0.4 is 5.32 Å². The molecule has 0 bridgehead atoms. The van der Waals surface area contributed by atoms with Gasteiger partial charge in [0.15, 0.2) is 0 Å². The molecular weight excluding hydrogens is 337 g/mol. The summed E-state index contributed by atoms with van der Waals surface area (Å²) in [6.07, 6.45) is 0.756. The summed E-state index contributed by atoms with van der Waals surface area (Å²) in [6.45, 7) is 5.71. The summed E-state index contributed by atoms with van der Waals surface area (Å²) in [5, 5.41) is 3.65. The fourth-order valence-electron chi connectivity index (χ4n) is 3.24. The van der Waals surface area contributed by atoms with Crippen molar-refractivity contribution in [1.82, 2.24) is 10.2 Å². The summed E-state index contributed by atoms with van der Waals surface area (Å²) in [4.78, 5) is 2.35. The van der Waals surface area contributed by atoms with Crippen molar-refractivity contribution in [3.05, 3.63) is 34.9 Å². The van der Waals surface area contributed by atoms with Crippen molar-refractivity contribution in [3.63, 3.8) is 0 Å². The molecular formula is C18H26ClF3N2. The van der Waals surface area contributed by atoms with Gasteiger partial charge in [0.1, 0.15) is 0 Å². The molecule has 24 heavy (non-hydrogen) atoms. The molecule has 0 radical (unpaired) electrons. The summed E-state index contributed by atoms with van der Waals surface area (Å²) < 4.78 is 38.2. The molecule has 0 unspecified atom stereocenters. The fraction of sp³-hybridized carbons (Fsp3) is 0.667. The van der Waals surface area contributed by atoms with Crippen LogP contribution in [0.4, 0.5) is 13.2 Å². The highest BCUT2D eigenvalue weighted by Gasteiger charge is 2.31. The van der Waals surface area contributed by atoms with E-state index < -0.39 is 11.7 Å². The summed E-state index contributed by atoms with van der Waals surface area (Å²) in [7, 11) is 0. The van der Waals surface area contributed by atoms with Gasteiger partial charge in [-0.2, -0.15) is 13.2 Å². The van der Waals surface area contributed by atoms with Gasteiger partial charge in [0.25, 0.3) is 0 Å². The first-order chi connectivity index (χ1) is 10.9. The Bertz CT molecular complexity index is 536. The first kappa shape index (κ1) is 19.5. The fourth-order valence-corrected chi connectivity index (χ4v) is 3.24. The van der Waals surface area contributed by atoms with E-state index in [9.17, 15) is 13.2 Å². The minimum absolute atomic E-state index is 0. The topological polar surface area (TPSA) is 15.3 Å². The lowest BCUT2D eigenvalue weighted by Crippen LogP contribution is -2.42. The van der Waals surface area contributed by atoms with Crippen molar-refractivity contribution in [2.24, 2.45) is 5.92 Å². The Morgan fingerprint density at radius 1 is 1.12 bits per heavy atom. The molecule has 1 heterocycles. The molecule has 3 rings (SSSR count). The number of hydrogen-bond donors (Lipinski definition) is 1. The number of halogens is 4. The van der Waals surface area contributed by atoms with Crippen molar-refractivity contribution in [3.8, 4) is 0 Å². The summed E-state index contributed by atoms with van der Waals surface area (Å²) >= 11 is 0. The van der Waals surface area contributed by atoms with Gasteiger partial charge in [-0.3, -0.25) is 4.90 Å². The van der Waals surface area contributed by atoms with Crippen molar-refractivity contribution in [2.45, 2.75) is 51.4 Å². The third kappa shape index (κ3) is 5.36. The molecule has 1 aromatic carbocycles. The first-order valence-electron chi connectivity index (χ1n) is 8.54. The van der Waals surface area contributed by atoms with Crippen LogP contribution in [0.2, 0.25) is 0 Å². The van der Waals surface area contributed by atoms with Gasteiger partial charge >= 0.3 is 6.18 Å². The maximum Gasteiger partial charge on any atom is 0.416 e. The average Bonchev–Trinajstić information content (AvgIpc) is 3.32. The van der Waals surface area contributed by atoms with Gasteiger partial charge in [-0.15, -0.1) is 12.4 Å². The van der Waals surface area contributed by atoms with Crippen LogP contribution in [0.5, 0.6) is 0 Å². The van der Waals surface area contributed by atoms with Crippen LogP contribution in [-0.4, -0.2) is 30.6 Å². The van der Waals surface area contributed by atoms with E-state index in [1.54, 1.807) is 13.0 Å². The molecule has 2 aliphatic rings. The number of aryl methyl sites for hydroxylation is 1. The zero-order valence-corrected chi connectivity index (χ0v) is 14.8. The Hall–Kier alpha value is -0.780. The lowest BCUT2D eigenvalue weighted by atomic mass is 10.0. The van der Waals surface area contributed by atoms with Crippen LogP contribution in [-0.2, 0) is 12.7 Å². The van der Waals surface area contributed by atoms with Crippen molar-refractivity contribution in [2.75, 3.05) is 19.6 Å². The largest absolute Gasteiger partial charge is 0.416 e. The zero-order chi connectivity index (χ0) is 16.4. The molecule has 1 aliphatic carbocycles. The molecule has 136 valence electrons. The number of nitrogens with zero attached hydrogens (tertiary/aromatic N) is 1. The van der Waals surface area contributed by atoms with Crippen LogP contribution in [0, 0.1) is 12.8 Å². The number of nitrogens with one attached hydrogen (secondary N) is 1. The van der Waals surface area contributed by atoms with E-state index in [0.717, 1.165) is 56.1 Å². The molecule has 6 heteroatoms. The van der Waals surface area contributed by atoms with Gasteiger partial charge in [-0.25, -0.2) is 0 Å². The molecule has 1 aromatic rings. The minimum Gasteiger partial charge on any atom is -0.314 e. The quantitative estimate of drug-likeness (QED) is 0.835. The lowest BCUT2D eigenvalue weighted by molar-refractivity contribution is -0.137. The van der Waals surface area contributed by atoms with E-state index in [1.165, 1.54) is 25.0 Å². The smallest absolute Gasteiger partial charge is 0.314 e. The maximum absolute atomic E-state index is 12.7. The Balaban J connectivity index is 0.00000208. The zero-order valence-electron chi connectivity index (χ0n) is 14.0. The van der Waals surface area contributed by atoms with Gasteiger partial charge in [-0.05, 0) is 81.4 Å². The monoisotopic (exact) mass is 362 g/mol. The molecule has 1 saturated carbocycles. The lowest BCUT2D eigenvalue weighted by Gasteiger charge is -2.33. The van der Waals surface area contributed by atoms with Crippen LogP contribution in [0.3, 0.4) is 0 Å². The number of hydrogen-bond acceptors (Lipinski definition) is 2. The van der Waals surface area contributed by atoms with Crippen LogP contribution in [0.25, 0.3) is 0 Å². The standard InChI is InChI=1S/C18H25F3N2.ClH/c1-13-10-16(18(19,20)21)5-4-15(13)12-23-8-6-17(7-9-23)22-11-14-2-3-14;/h4-5,10,14,17,22H,2-3,6-9,11-12H2,1H3;1H. The summed E-state index contributed by atoms with van der Waals surface area (Å²) in [6, 6.07) is 4.71. The Morgan fingerprint density at radius 3 is 2.33 bits per heavy atom. The molecule has 0 spiro atoms. The SMILES string of the molecule is Cc1cc(C(F)(F)F)ccc1CN1CCC(NCC2CC2)CC1.Cl. The molecule has 2 fully saturated rings. The highest BCUT2D eigenvalue weighted by molar-refractivity contribution is 5.85. The number of likely N-dealkylation sites (tertiary alicyclic amines) is 1. The van der Waals surface area contributed by atoms with Gasteiger partial charge < -0.3 is 5.32 Å². The third-order valence-electron chi connectivity index (χ3n) is 5.04. The summed E-state index contributed by atoms with van der Waals surface area (Å²) in [5.74, 6) is 0.905. The molecule has 1 saturated heterocycles. The van der Waals surface area contributed by atoms with Crippen molar-refractivity contribution in [1.29, 1.82) is 0 Å². The van der Waals surface area contributed by atoms with E-state index in [-0.39, 0.29) is 12.4 Å². The first-order valence-corrected chi connectivity index (χ1v) is 8.54. The maximum atomic E-state index is 12.7. The average molecular weight is 363 g/mol. The van der Waals surface area contributed by atoms with E-state index >= 15 is 0 Å². The predicted octanol–water partition coefficient (Wildman–Crippen LogP) is 4.40. The number of rotatable bonds is 5. The van der Waals surface area contributed by atoms with E-state index in [0.29, 0.717) is 6.04 Å². The minimum atomic E-state index is -4.26. The van der Waals surface area contributed by atoms with Gasteiger partial charge in [0.2, 0.25) is 0 Å². The molecule has 0 amide bonds. The number of piperidine rings is 1. The molecule has 1 aliphatic heterocycles. The second-order valence-electron chi connectivity index (χ2n) is 7.04. The Morgan fingerprint density at radius 2 is 1.79 bits per heavy atom. The predicted molar refractivity (Wildman–Crippen MR) is 92.5 cm³/mol. The second kappa shape index (κ2) is 8.07. The van der Waals surface area contributed by atoms with Crippen LogP contribution >= 0.6 is 12.4 Å². The third-order valence-corrected chi connectivity index (χ3v) is 5.04. The highest BCUT2D eigenvalue weighted by atomic mass is 35.5. The molecule has 0 aromatic heterocycles.